The number of amides is 1. The molecule has 2 aromatic heterocycles. The molecule has 32 heavy (non-hydrogen) atoms. The summed E-state index contributed by atoms with van der Waals surface area (Å²) in [5.41, 5.74) is 3.09. The van der Waals surface area contributed by atoms with Gasteiger partial charge in [-0.15, -0.1) is 0 Å². The zero-order valence-corrected chi connectivity index (χ0v) is 18.8. The number of fused-ring (bicyclic) bond motifs is 1. The average molecular weight is 447 g/mol. The number of hydrogen-bond acceptors (Lipinski definition) is 5. The molecule has 5 rings (SSSR count). The Balaban J connectivity index is 1.47. The number of para-hydroxylation sites is 1. The summed E-state index contributed by atoms with van der Waals surface area (Å²) in [4.78, 5) is 26.4. The van der Waals surface area contributed by atoms with Gasteiger partial charge in [0, 0.05) is 31.7 Å². The second kappa shape index (κ2) is 8.24. The van der Waals surface area contributed by atoms with E-state index in [4.69, 9.17) is 26.7 Å². The predicted molar refractivity (Wildman–Crippen MR) is 126 cm³/mol. The highest BCUT2D eigenvalue weighted by Crippen LogP contribution is 2.31. The first-order valence-corrected chi connectivity index (χ1v) is 11.0. The standard InChI is InChI=1S/C24H23ClN6O/c1-16-21-22(29-12-14-30(15-13-29)24(32)18-8-4-3-5-9-18)26-17(2)27-23(21)31(28-16)20-11-7-6-10-19(20)25/h3-11H,12-15H2,1-2H3. The Morgan fingerprint density at radius 1 is 0.906 bits per heavy atom. The van der Waals surface area contributed by atoms with E-state index >= 15 is 0 Å². The Kier molecular flexibility index (Phi) is 5.27. The average Bonchev–Trinajstić information content (AvgIpc) is 3.15. The van der Waals surface area contributed by atoms with Crippen LogP contribution in [0.15, 0.2) is 54.6 Å². The van der Waals surface area contributed by atoms with Gasteiger partial charge in [0.15, 0.2) is 5.65 Å². The number of rotatable bonds is 3. The number of aromatic nitrogens is 4. The van der Waals surface area contributed by atoms with Gasteiger partial charge in [-0.2, -0.15) is 5.10 Å². The molecule has 1 aliphatic rings. The lowest BCUT2D eigenvalue weighted by Crippen LogP contribution is -2.49. The number of nitrogens with zero attached hydrogens (tertiary/aromatic N) is 6. The molecule has 1 amide bonds. The van der Waals surface area contributed by atoms with Crippen LogP contribution in [0.1, 0.15) is 21.9 Å². The third kappa shape index (κ3) is 3.58. The maximum atomic E-state index is 12.8. The third-order valence-corrected chi connectivity index (χ3v) is 6.08. The van der Waals surface area contributed by atoms with Crippen molar-refractivity contribution in [1.82, 2.24) is 24.6 Å². The van der Waals surface area contributed by atoms with Crippen molar-refractivity contribution in [3.05, 3.63) is 76.7 Å². The summed E-state index contributed by atoms with van der Waals surface area (Å²) < 4.78 is 1.79. The van der Waals surface area contributed by atoms with Crippen LogP contribution in [0.25, 0.3) is 16.7 Å². The SMILES string of the molecule is Cc1nc(N2CCN(C(=O)c3ccccc3)CC2)c2c(C)nn(-c3ccccc3Cl)c2n1. The maximum Gasteiger partial charge on any atom is 0.253 e. The highest BCUT2D eigenvalue weighted by molar-refractivity contribution is 6.32. The fourth-order valence-electron chi connectivity index (χ4n) is 4.17. The van der Waals surface area contributed by atoms with Crippen LogP contribution in [0.5, 0.6) is 0 Å². The molecule has 0 spiro atoms. The van der Waals surface area contributed by atoms with Crippen molar-refractivity contribution in [1.29, 1.82) is 0 Å². The number of carbonyl (C=O) groups is 1. The molecule has 1 aliphatic heterocycles. The van der Waals surface area contributed by atoms with Gasteiger partial charge in [-0.05, 0) is 38.1 Å². The minimum Gasteiger partial charge on any atom is -0.352 e. The first-order valence-electron chi connectivity index (χ1n) is 10.6. The fraction of sp³-hybridized carbons (Fsp3) is 0.250. The Hall–Kier alpha value is -3.45. The molecule has 162 valence electrons. The normalized spacial score (nSPS) is 14.2. The minimum atomic E-state index is 0.0667. The van der Waals surface area contributed by atoms with E-state index in [-0.39, 0.29) is 5.91 Å². The van der Waals surface area contributed by atoms with Gasteiger partial charge in [-0.1, -0.05) is 41.9 Å². The lowest BCUT2D eigenvalue weighted by atomic mass is 10.1. The van der Waals surface area contributed by atoms with Crippen molar-refractivity contribution in [2.75, 3.05) is 31.1 Å². The van der Waals surface area contributed by atoms with Crippen LogP contribution in [0, 0.1) is 13.8 Å². The number of benzene rings is 2. The van der Waals surface area contributed by atoms with Gasteiger partial charge in [0.25, 0.3) is 5.91 Å². The Morgan fingerprint density at radius 3 is 2.31 bits per heavy atom. The number of piperazine rings is 1. The van der Waals surface area contributed by atoms with Crippen LogP contribution < -0.4 is 4.90 Å². The van der Waals surface area contributed by atoms with Gasteiger partial charge in [0.2, 0.25) is 0 Å². The lowest BCUT2D eigenvalue weighted by molar-refractivity contribution is 0.0746. The quantitative estimate of drug-likeness (QED) is 0.475. The van der Waals surface area contributed by atoms with Crippen molar-refractivity contribution < 1.29 is 4.79 Å². The van der Waals surface area contributed by atoms with Crippen LogP contribution in [0.2, 0.25) is 5.02 Å². The highest BCUT2D eigenvalue weighted by atomic mass is 35.5. The number of aryl methyl sites for hydroxylation is 2. The largest absolute Gasteiger partial charge is 0.352 e. The monoisotopic (exact) mass is 446 g/mol. The molecule has 7 nitrogen and oxygen atoms in total. The molecule has 3 heterocycles. The number of halogens is 1. The first-order chi connectivity index (χ1) is 15.5. The summed E-state index contributed by atoms with van der Waals surface area (Å²) in [6.45, 7) is 6.51. The zero-order valence-electron chi connectivity index (χ0n) is 18.0. The molecular weight excluding hydrogens is 424 g/mol. The summed E-state index contributed by atoms with van der Waals surface area (Å²) in [5.74, 6) is 1.59. The van der Waals surface area contributed by atoms with E-state index in [0.29, 0.717) is 37.0 Å². The Labute approximate surface area is 191 Å². The van der Waals surface area contributed by atoms with Crippen molar-refractivity contribution in [2.24, 2.45) is 0 Å². The minimum absolute atomic E-state index is 0.0667. The first kappa shape index (κ1) is 20.5. The van der Waals surface area contributed by atoms with Crippen molar-refractivity contribution in [3.63, 3.8) is 0 Å². The van der Waals surface area contributed by atoms with Crippen LogP contribution in [0.4, 0.5) is 5.82 Å². The summed E-state index contributed by atoms with van der Waals surface area (Å²) in [7, 11) is 0. The molecule has 0 bridgehead atoms. The molecular formula is C24H23ClN6O. The predicted octanol–water partition coefficient (Wildman–Crippen LogP) is 4.05. The second-order valence-electron chi connectivity index (χ2n) is 7.89. The van der Waals surface area contributed by atoms with Crippen LogP contribution in [-0.2, 0) is 0 Å². The molecule has 0 unspecified atom stereocenters. The van der Waals surface area contributed by atoms with Gasteiger partial charge < -0.3 is 9.80 Å². The molecule has 1 saturated heterocycles. The molecule has 0 saturated carbocycles. The fourth-order valence-corrected chi connectivity index (χ4v) is 4.39. The van der Waals surface area contributed by atoms with E-state index in [1.54, 1.807) is 4.68 Å². The Morgan fingerprint density at radius 2 is 1.59 bits per heavy atom. The van der Waals surface area contributed by atoms with Gasteiger partial charge in [0.05, 0.1) is 21.8 Å². The lowest BCUT2D eigenvalue weighted by Gasteiger charge is -2.35. The van der Waals surface area contributed by atoms with Crippen LogP contribution >= 0.6 is 11.6 Å². The van der Waals surface area contributed by atoms with Crippen LogP contribution in [0.3, 0.4) is 0 Å². The van der Waals surface area contributed by atoms with Gasteiger partial charge in [-0.3, -0.25) is 4.79 Å². The molecule has 2 aromatic carbocycles. The van der Waals surface area contributed by atoms with E-state index in [2.05, 4.69) is 4.90 Å². The van der Waals surface area contributed by atoms with E-state index < -0.39 is 0 Å². The molecule has 1 fully saturated rings. The number of carbonyl (C=O) groups excluding carboxylic acids is 1. The van der Waals surface area contributed by atoms with Gasteiger partial charge in [-0.25, -0.2) is 14.6 Å². The molecule has 0 N–H and O–H groups in total. The molecule has 4 aromatic rings. The van der Waals surface area contributed by atoms with E-state index in [0.717, 1.165) is 33.8 Å². The molecule has 8 heteroatoms. The Bertz CT molecular complexity index is 1290. The topological polar surface area (TPSA) is 67.2 Å². The van der Waals surface area contributed by atoms with E-state index in [9.17, 15) is 4.79 Å². The van der Waals surface area contributed by atoms with Gasteiger partial charge >= 0.3 is 0 Å². The van der Waals surface area contributed by atoms with E-state index in [1.165, 1.54) is 0 Å². The summed E-state index contributed by atoms with van der Waals surface area (Å²) in [5, 5.41) is 6.27. The molecule has 0 aliphatic carbocycles. The summed E-state index contributed by atoms with van der Waals surface area (Å²) in [6, 6.07) is 17.0. The van der Waals surface area contributed by atoms with Gasteiger partial charge in [0.1, 0.15) is 11.6 Å². The number of anilines is 1. The smallest absolute Gasteiger partial charge is 0.253 e. The zero-order chi connectivity index (χ0) is 22.2. The summed E-state index contributed by atoms with van der Waals surface area (Å²) >= 11 is 6.44. The molecule has 0 atom stereocenters. The third-order valence-electron chi connectivity index (χ3n) is 5.76. The maximum absolute atomic E-state index is 12.8. The van der Waals surface area contributed by atoms with Crippen molar-refractivity contribution in [3.8, 4) is 5.69 Å². The van der Waals surface area contributed by atoms with Crippen molar-refractivity contribution in [2.45, 2.75) is 13.8 Å². The second-order valence-corrected chi connectivity index (χ2v) is 8.29. The number of hydrogen-bond donors (Lipinski definition) is 0. The summed E-state index contributed by atoms with van der Waals surface area (Å²) in [6.07, 6.45) is 0. The molecule has 0 radical (unpaired) electrons. The highest BCUT2D eigenvalue weighted by Gasteiger charge is 2.26. The van der Waals surface area contributed by atoms with E-state index in [1.807, 2.05) is 73.3 Å². The van der Waals surface area contributed by atoms with Crippen LogP contribution in [-0.4, -0.2) is 56.7 Å². The van der Waals surface area contributed by atoms with Crippen molar-refractivity contribution >= 4 is 34.4 Å².